The number of aromatic nitrogens is 1. The zero-order chi connectivity index (χ0) is 19.9. The number of hydrazine groups is 1. The number of halogens is 1. The van der Waals surface area contributed by atoms with Crippen LogP contribution >= 0.6 is 23.4 Å². The van der Waals surface area contributed by atoms with Crippen molar-refractivity contribution in [3.63, 3.8) is 0 Å². The van der Waals surface area contributed by atoms with Gasteiger partial charge in [-0.1, -0.05) is 11.6 Å². The van der Waals surface area contributed by atoms with Crippen molar-refractivity contribution in [1.29, 1.82) is 0 Å². The van der Waals surface area contributed by atoms with E-state index < -0.39 is 28.4 Å². The van der Waals surface area contributed by atoms with E-state index in [9.17, 15) is 18.0 Å². The molecule has 144 valence electrons. The van der Waals surface area contributed by atoms with Gasteiger partial charge in [0, 0.05) is 29.4 Å². The fraction of sp³-hybridized carbons (Fsp3) is 0.188. The number of amides is 2. The van der Waals surface area contributed by atoms with E-state index in [2.05, 4.69) is 15.8 Å². The Labute approximate surface area is 166 Å². The lowest BCUT2D eigenvalue weighted by atomic mass is 10.4. The lowest BCUT2D eigenvalue weighted by molar-refractivity contribution is -0.127. The molecule has 0 unspecified atom stereocenters. The highest BCUT2D eigenvalue weighted by Crippen LogP contribution is 2.19. The third-order valence-corrected chi connectivity index (χ3v) is 6.28. The quantitative estimate of drug-likeness (QED) is 0.508. The van der Waals surface area contributed by atoms with E-state index in [1.807, 2.05) is 0 Å². The average Bonchev–Trinajstić information content (AvgIpc) is 2.66. The van der Waals surface area contributed by atoms with Crippen molar-refractivity contribution >= 4 is 45.2 Å². The van der Waals surface area contributed by atoms with Crippen LogP contribution in [0.3, 0.4) is 0 Å². The van der Waals surface area contributed by atoms with E-state index in [1.165, 1.54) is 43.3 Å². The molecule has 0 saturated heterocycles. The number of carbonyl (C=O) groups is 2. The van der Waals surface area contributed by atoms with Gasteiger partial charge in [-0.05, 0) is 36.4 Å². The molecule has 0 aliphatic rings. The monoisotopic (exact) mass is 428 g/mol. The minimum absolute atomic E-state index is 0.0244. The van der Waals surface area contributed by atoms with Crippen LogP contribution in [0.1, 0.15) is 0 Å². The Balaban J connectivity index is 1.78. The molecular formula is C16H17ClN4O4S2. The first-order chi connectivity index (χ1) is 12.8. The molecule has 2 N–H and O–H groups in total. The minimum atomic E-state index is -3.84. The highest BCUT2D eigenvalue weighted by molar-refractivity contribution is 8.00. The lowest BCUT2D eigenvalue weighted by Crippen LogP contribution is -2.47. The number of hydrogen-bond acceptors (Lipinski definition) is 6. The summed E-state index contributed by atoms with van der Waals surface area (Å²) in [6, 6.07) is 9.84. The van der Waals surface area contributed by atoms with Gasteiger partial charge in [0.05, 0.1) is 12.3 Å². The van der Waals surface area contributed by atoms with E-state index in [0.29, 0.717) is 5.02 Å². The van der Waals surface area contributed by atoms with Crippen molar-refractivity contribution in [1.82, 2.24) is 20.1 Å². The topological polar surface area (TPSA) is 108 Å². The maximum absolute atomic E-state index is 12.3. The third-order valence-electron chi connectivity index (χ3n) is 3.23. The number of pyridine rings is 1. The third kappa shape index (κ3) is 6.51. The number of rotatable bonds is 7. The molecule has 0 aliphatic heterocycles. The van der Waals surface area contributed by atoms with E-state index in [0.717, 1.165) is 9.20 Å². The van der Waals surface area contributed by atoms with Gasteiger partial charge in [-0.25, -0.2) is 8.42 Å². The van der Waals surface area contributed by atoms with Gasteiger partial charge in [-0.3, -0.25) is 25.4 Å². The summed E-state index contributed by atoms with van der Waals surface area (Å²) in [6.45, 7) is -0.457. The van der Waals surface area contributed by atoms with Crippen molar-refractivity contribution in [3.05, 3.63) is 53.8 Å². The standard InChI is InChI=1S/C16H17ClN4O4S2/c1-21(27(24,25)14-3-2-8-18-9-14)10-15(22)19-20-16(23)11-26-13-6-4-12(17)5-7-13/h2-9H,10-11H2,1H3,(H,19,22)(H,20,23). The van der Waals surface area contributed by atoms with Gasteiger partial charge in [0.2, 0.25) is 15.9 Å². The second-order valence-electron chi connectivity index (χ2n) is 5.29. The van der Waals surface area contributed by atoms with Crippen LogP contribution in [0.2, 0.25) is 5.02 Å². The van der Waals surface area contributed by atoms with Gasteiger partial charge in [-0.15, -0.1) is 11.8 Å². The van der Waals surface area contributed by atoms with Crippen LogP contribution in [-0.2, 0) is 19.6 Å². The van der Waals surface area contributed by atoms with Crippen molar-refractivity contribution in [2.45, 2.75) is 9.79 Å². The lowest BCUT2D eigenvalue weighted by Gasteiger charge is -2.16. The normalized spacial score (nSPS) is 11.2. The molecule has 0 fully saturated rings. The summed E-state index contributed by atoms with van der Waals surface area (Å²) in [5, 5.41) is 0.599. The second kappa shape index (κ2) is 9.70. The highest BCUT2D eigenvalue weighted by Gasteiger charge is 2.23. The minimum Gasteiger partial charge on any atom is -0.272 e. The Kier molecular flexibility index (Phi) is 7.60. The molecule has 2 aromatic rings. The summed E-state index contributed by atoms with van der Waals surface area (Å²) in [4.78, 5) is 28.2. The summed E-state index contributed by atoms with van der Waals surface area (Å²) in [7, 11) is -2.58. The van der Waals surface area contributed by atoms with Crippen molar-refractivity contribution in [3.8, 4) is 0 Å². The maximum Gasteiger partial charge on any atom is 0.253 e. The number of benzene rings is 1. The SMILES string of the molecule is CN(CC(=O)NNC(=O)CSc1ccc(Cl)cc1)S(=O)(=O)c1cccnc1. The zero-order valence-corrected chi connectivity index (χ0v) is 16.6. The number of nitrogens with one attached hydrogen (secondary N) is 2. The Morgan fingerprint density at radius 2 is 1.81 bits per heavy atom. The van der Waals surface area contributed by atoms with E-state index >= 15 is 0 Å². The molecule has 27 heavy (non-hydrogen) atoms. The second-order valence-corrected chi connectivity index (χ2v) is 8.82. The molecule has 1 heterocycles. The summed E-state index contributed by atoms with van der Waals surface area (Å²) in [6.07, 6.45) is 2.64. The van der Waals surface area contributed by atoms with Gasteiger partial charge in [0.25, 0.3) is 5.91 Å². The van der Waals surface area contributed by atoms with Crippen molar-refractivity contribution in [2.24, 2.45) is 0 Å². The Bertz CT molecular complexity index is 892. The van der Waals surface area contributed by atoms with Crippen LogP contribution in [0.4, 0.5) is 0 Å². The van der Waals surface area contributed by atoms with Gasteiger partial charge in [0.1, 0.15) is 4.90 Å². The molecule has 2 amide bonds. The molecule has 8 nitrogen and oxygen atoms in total. The molecule has 2 rings (SSSR count). The molecule has 0 atom stereocenters. The molecule has 0 bridgehead atoms. The summed E-state index contributed by atoms with van der Waals surface area (Å²) >= 11 is 7.05. The molecular weight excluding hydrogens is 412 g/mol. The summed E-state index contributed by atoms with van der Waals surface area (Å²) in [5.74, 6) is -1.03. The average molecular weight is 429 g/mol. The molecule has 0 aliphatic carbocycles. The van der Waals surface area contributed by atoms with Crippen LogP contribution in [0.25, 0.3) is 0 Å². The largest absolute Gasteiger partial charge is 0.272 e. The van der Waals surface area contributed by atoms with Gasteiger partial charge < -0.3 is 0 Å². The zero-order valence-electron chi connectivity index (χ0n) is 14.3. The first-order valence-electron chi connectivity index (χ1n) is 7.61. The van der Waals surface area contributed by atoms with E-state index in [4.69, 9.17) is 11.6 Å². The summed E-state index contributed by atoms with van der Waals surface area (Å²) < 4.78 is 25.5. The Hall–Kier alpha value is -2.14. The molecule has 1 aromatic carbocycles. The number of hydrogen-bond donors (Lipinski definition) is 2. The van der Waals surface area contributed by atoms with Gasteiger partial charge >= 0.3 is 0 Å². The van der Waals surface area contributed by atoms with Gasteiger partial charge in [-0.2, -0.15) is 4.31 Å². The van der Waals surface area contributed by atoms with E-state index in [1.54, 1.807) is 24.3 Å². The number of nitrogens with zero attached hydrogens (tertiary/aromatic N) is 2. The molecule has 0 spiro atoms. The Morgan fingerprint density at radius 1 is 1.15 bits per heavy atom. The molecule has 11 heteroatoms. The first-order valence-corrected chi connectivity index (χ1v) is 10.4. The van der Waals surface area contributed by atoms with Gasteiger partial charge in [0.15, 0.2) is 0 Å². The van der Waals surface area contributed by atoms with Crippen LogP contribution in [-0.4, -0.2) is 48.9 Å². The van der Waals surface area contributed by atoms with E-state index in [-0.39, 0.29) is 10.6 Å². The van der Waals surface area contributed by atoms with Crippen molar-refractivity contribution < 1.29 is 18.0 Å². The Morgan fingerprint density at radius 3 is 2.44 bits per heavy atom. The molecule has 1 aromatic heterocycles. The first kappa shape index (κ1) is 21.2. The predicted octanol–water partition coefficient (Wildman–Crippen LogP) is 1.30. The predicted molar refractivity (Wildman–Crippen MR) is 103 cm³/mol. The number of likely N-dealkylation sites (N-methyl/N-ethyl adjacent to an activating group) is 1. The van der Waals surface area contributed by atoms with Crippen molar-refractivity contribution in [2.75, 3.05) is 19.3 Å². The van der Waals surface area contributed by atoms with Crippen LogP contribution in [0, 0.1) is 0 Å². The van der Waals surface area contributed by atoms with Crippen LogP contribution in [0.5, 0.6) is 0 Å². The smallest absolute Gasteiger partial charge is 0.253 e. The number of carbonyl (C=O) groups excluding carboxylic acids is 2. The fourth-order valence-electron chi connectivity index (χ4n) is 1.86. The van der Waals surface area contributed by atoms with Crippen LogP contribution < -0.4 is 10.9 Å². The maximum atomic E-state index is 12.3. The highest BCUT2D eigenvalue weighted by atomic mass is 35.5. The fourth-order valence-corrected chi connectivity index (χ4v) is 3.78. The number of sulfonamides is 1. The molecule has 0 radical (unpaired) electrons. The summed E-state index contributed by atoms with van der Waals surface area (Å²) in [5.41, 5.74) is 4.43. The number of thioether (sulfide) groups is 1. The van der Waals surface area contributed by atoms with Crippen LogP contribution in [0.15, 0.2) is 58.6 Å². The molecule has 0 saturated carbocycles.